The van der Waals surface area contributed by atoms with E-state index in [2.05, 4.69) is 0 Å². The van der Waals surface area contributed by atoms with Crippen LogP contribution in [0.25, 0.3) is 0 Å². The van der Waals surface area contributed by atoms with Gasteiger partial charge in [0, 0.05) is 0 Å². The molecular formula is C29H28O4. The van der Waals surface area contributed by atoms with Crippen molar-refractivity contribution >= 4 is 0 Å². The van der Waals surface area contributed by atoms with Gasteiger partial charge in [0.15, 0.2) is 11.5 Å². The van der Waals surface area contributed by atoms with Gasteiger partial charge >= 0.3 is 0 Å². The lowest BCUT2D eigenvalue weighted by molar-refractivity contribution is -0.0495. The molecule has 0 radical (unpaired) electrons. The molecule has 0 fully saturated rings. The van der Waals surface area contributed by atoms with Crippen LogP contribution >= 0.6 is 0 Å². The van der Waals surface area contributed by atoms with Gasteiger partial charge in [-0.2, -0.15) is 0 Å². The van der Waals surface area contributed by atoms with Crippen LogP contribution in [0.1, 0.15) is 23.5 Å². The van der Waals surface area contributed by atoms with Crippen LogP contribution in [0.4, 0.5) is 0 Å². The van der Waals surface area contributed by atoms with Crippen molar-refractivity contribution in [3.05, 3.63) is 132 Å². The molecule has 0 aliphatic heterocycles. The van der Waals surface area contributed by atoms with E-state index in [1.165, 1.54) is 19.2 Å². The molecule has 0 spiro atoms. The lowest BCUT2D eigenvalue weighted by Crippen LogP contribution is -2.37. The molecule has 0 aliphatic carbocycles. The normalized spacial score (nSPS) is 16.2. The Hall–Kier alpha value is -3.60. The third kappa shape index (κ3) is 5.08. The van der Waals surface area contributed by atoms with Crippen molar-refractivity contribution in [2.45, 2.75) is 11.7 Å². The van der Waals surface area contributed by atoms with E-state index >= 15 is 0 Å². The van der Waals surface area contributed by atoms with Crippen molar-refractivity contribution in [2.24, 2.45) is 0 Å². The summed E-state index contributed by atoms with van der Waals surface area (Å²) in [5, 5.41) is 11.2. The second-order valence-corrected chi connectivity index (χ2v) is 7.19. The van der Waals surface area contributed by atoms with Crippen LogP contribution in [0.15, 0.2) is 115 Å². The van der Waals surface area contributed by atoms with Crippen LogP contribution in [0.2, 0.25) is 0 Å². The minimum Gasteiger partial charge on any atom is -0.493 e. The van der Waals surface area contributed by atoms with Gasteiger partial charge in [0.25, 0.3) is 0 Å². The van der Waals surface area contributed by atoms with Crippen LogP contribution in [0.5, 0.6) is 11.5 Å². The standard InChI is InChI=1S/C29H28O4/c1-31-27-19-11-12-20-28(27)32-21-26(30)22-33-29(23-13-5-2-6-14-23,24-15-7-3-8-16-24)25-17-9-4-10-18-25/h2-20,26,30H,21-22H2,1H3/i21D2,22D2,26D. The van der Waals surface area contributed by atoms with Crippen LogP contribution < -0.4 is 9.47 Å². The second-order valence-electron chi connectivity index (χ2n) is 7.19. The summed E-state index contributed by atoms with van der Waals surface area (Å²) >= 11 is 0. The smallest absolute Gasteiger partial charge is 0.161 e. The van der Waals surface area contributed by atoms with Gasteiger partial charge in [0.1, 0.15) is 18.2 Å². The molecule has 4 rings (SSSR count). The first-order valence-electron chi connectivity index (χ1n) is 13.0. The Morgan fingerprint density at radius 3 is 1.58 bits per heavy atom. The molecular weight excluding hydrogens is 412 g/mol. The Kier molecular flexibility index (Phi) is 5.56. The number of benzene rings is 4. The van der Waals surface area contributed by atoms with Gasteiger partial charge in [-0.1, -0.05) is 103 Å². The van der Waals surface area contributed by atoms with Gasteiger partial charge in [-0.05, 0) is 28.8 Å². The molecule has 0 saturated heterocycles. The molecule has 4 aromatic carbocycles. The predicted molar refractivity (Wildman–Crippen MR) is 130 cm³/mol. The lowest BCUT2D eigenvalue weighted by atomic mass is 9.80. The zero-order chi connectivity index (χ0) is 27.4. The molecule has 168 valence electrons. The molecule has 1 unspecified atom stereocenters. The number of aliphatic hydroxyl groups is 1. The average Bonchev–Trinajstić information content (AvgIpc) is 2.93. The molecule has 0 saturated carbocycles. The van der Waals surface area contributed by atoms with Gasteiger partial charge in [0.05, 0.1) is 20.5 Å². The molecule has 4 nitrogen and oxygen atoms in total. The highest BCUT2D eigenvalue weighted by Crippen LogP contribution is 2.40. The van der Waals surface area contributed by atoms with Gasteiger partial charge < -0.3 is 19.3 Å². The van der Waals surface area contributed by atoms with Crippen LogP contribution in [-0.2, 0) is 10.3 Å². The lowest BCUT2D eigenvalue weighted by Gasteiger charge is -2.36. The maximum atomic E-state index is 11.2. The fourth-order valence-electron chi connectivity index (χ4n) is 3.65. The molecule has 0 aromatic heterocycles. The number of para-hydroxylation sites is 2. The number of methoxy groups -OCH3 is 1. The number of rotatable bonds is 10. The number of ether oxygens (including phenoxy) is 3. The minimum atomic E-state index is -3.55. The van der Waals surface area contributed by atoms with Crippen molar-refractivity contribution in [1.29, 1.82) is 0 Å². The zero-order valence-corrected chi connectivity index (χ0v) is 18.1. The van der Waals surface area contributed by atoms with Gasteiger partial charge in [-0.25, -0.2) is 0 Å². The van der Waals surface area contributed by atoms with E-state index in [0.29, 0.717) is 16.7 Å². The molecule has 4 aromatic rings. The Labute approximate surface area is 202 Å². The largest absolute Gasteiger partial charge is 0.493 e. The van der Waals surface area contributed by atoms with E-state index < -0.39 is 24.8 Å². The average molecular weight is 446 g/mol. The summed E-state index contributed by atoms with van der Waals surface area (Å²) in [4.78, 5) is 0. The topological polar surface area (TPSA) is 47.9 Å². The van der Waals surface area contributed by atoms with Crippen molar-refractivity contribution in [3.63, 3.8) is 0 Å². The van der Waals surface area contributed by atoms with Gasteiger partial charge in [-0.3, -0.25) is 0 Å². The summed E-state index contributed by atoms with van der Waals surface area (Å²) in [6.45, 7) is -6.60. The summed E-state index contributed by atoms with van der Waals surface area (Å²) in [7, 11) is 1.36. The third-order valence-corrected chi connectivity index (χ3v) is 5.17. The van der Waals surface area contributed by atoms with Crippen molar-refractivity contribution in [1.82, 2.24) is 0 Å². The van der Waals surface area contributed by atoms with Gasteiger partial charge in [-0.15, -0.1) is 0 Å². The molecule has 0 heterocycles. The molecule has 0 amide bonds. The molecule has 4 heteroatoms. The molecule has 1 atom stereocenters. The molecule has 1 N–H and O–H groups in total. The molecule has 33 heavy (non-hydrogen) atoms. The highest BCUT2D eigenvalue weighted by molar-refractivity contribution is 5.47. The quantitative estimate of drug-likeness (QED) is 0.330. The zero-order valence-electron chi connectivity index (χ0n) is 23.1. The highest BCUT2D eigenvalue weighted by Gasteiger charge is 2.38. The third-order valence-electron chi connectivity index (χ3n) is 5.17. The van der Waals surface area contributed by atoms with E-state index in [-0.39, 0.29) is 11.5 Å². The summed E-state index contributed by atoms with van der Waals surface area (Å²) in [6, 6.07) is 32.6. The monoisotopic (exact) mass is 445 g/mol. The summed E-state index contributed by atoms with van der Waals surface area (Å²) in [5.41, 5.74) is -0.113. The number of hydrogen-bond acceptors (Lipinski definition) is 4. The first kappa shape index (κ1) is 17.0. The van der Waals surface area contributed by atoms with E-state index in [4.69, 9.17) is 21.1 Å². The predicted octanol–water partition coefficient (Wildman–Crippen LogP) is 5.44. The van der Waals surface area contributed by atoms with Crippen molar-refractivity contribution in [3.8, 4) is 11.5 Å². The second kappa shape index (κ2) is 10.8. The van der Waals surface area contributed by atoms with E-state index in [1.807, 2.05) is 0 Å². The SMILES string of the molecule is [2H]C([2H])(Oc1ccccc1OC)C([2H])(O)C([2H])([2H])OC(c1ccccc1)(c1ccccc1)c1ccccc1. The fourth-order valence-corrected chi connectivity index (χ4v) is 3.65. The molecule has 0 aliphatic rings. The Bertz CT molecular complexity index is 1240. The van der Waals surface area contributed by atoms with Crippen LogP contribution in [0, 0.1) is 0 Å². The first-order chi connectivity index (χ1) is 18.0. The maximum Gasteiger partial charge on any atom is 0.161 e. The van der Waals surface area contributed by atoms with Crippen LogP contribution in [0.3, 0.4) is 0 Å². The maximum absolute atomic E-state index is 11.2. The summed E-state index contributed by atoms with van der Waals surface area (Å²) in [5.74, 6) is 0.0442. The Morgan fingerprint density at radius 1 is 0.697 bits per heavy atom. The van der Waals surface area contributed by atoms with Gasteiger partial charge in [0.2, 0.25) is 0 Å². The first-order valence-corrected chi connectivity index (χ1v) is 10.5. The van der Waals surface area contributed by atoms with Crippen LogP contribution in [-0.4, -0.2) is 31.4 Å². The van der Waals surface area contributed by atoms with E-state index in [0.717, 1.165) is 0 Å². The van der Waals surface area contributed by atoms with Crippen molar-refractivity contribution in [2.75, 3.05) is 20.2 Å². The highest BCUT2D eigenvalue weighted by atomic mass is 16.5. The summed E-state index contributed by atoms with van der Waals surface area (Å²) in [6.07, 6.45) is -3.55. The van der Waals surface area contributed by atoms with E-state index in [1.54, 1.807) is 103 Å². The Morgan fingerprint density at radius 2 is 1.12 bits per heavy atom. The number of hydrogen-bond donors (Lipinski definition) is 1. The minimum absolute atomic E-state index is 0.109. The summed E-state index contributed by atoms with van der Waals surface area (Å²) < 4.78 is 59.8. The van der Waals surface area contributed by atoms with Crippen molar-refractivity contribution < 1.29 is 26.2 Å². The van der Waals surface area contributed by atoms with E-state index in [9.17, 15) is 5.11 Å². The molecule has 0 bridgehead atoms. The Balaban J connectivity index is 1.86. The fraction of sp³-hybridized carbons (Fsp3) is 0.172.